The van der Waals surface area contributed by atoms with Crippen LogP contribution in [0.2, 0.25) is 5.02 Å². The second-order valence-corrected chi connectivity index (χ2v) is 7.41. The van der Waals surface area contributed by atoms with Crippen molar-refractivity contribution >= 4 is 39.6 Å². The lowest BCUT2D eigenvalue weighted by Crippen LogP contribution is -2.15. The van der Waals surface area contributed by atoms with E-state index in [-0.39, 0.29) is 27.2 Å². The van der Waals surface area contributed by atoms with Gasteiger partial charge in [0.25, 0.3) is 0 Å². The average Bonchev–Trinajstić information content (AvgIpc) is 3.23. The van der Waals surface area contributed by atoms with Gasteiger partial charge in [0.1, 0.15) is 28.3 Å². The Morgan fingerprint density at radius 1 is 1.38 bits per heavy atom. The fraction of sp³-hybridized carbons (Fsp3) is 0.263. The Labute approximate surface area is 169 Å². The van der Waals surface area contributed by atoms with Crippen LogP contribution in [-0.2, 0) is 6.54 Å². The summed E-state index contributed by atoms with van der Waals surface area (Å²) in [5.74, 6) is -1.64. The van der Waals surface area contributed by atoms with Crippen molar-refractivity contribution in [2.24, 2.45) is 0 Å². The first-order chi connectivity index (χ1) is 13.8. The lowest BCUT2D eigenvalue weighted by atomic mass is 10.1. The molecule has 1 aromatic carbocycles. The van der Waals surface area contributed by atoms with Gasteiger partial charge in [-0.05, 0) is 39.2 Å². The van der Waals surface area contributed by atoms with E-state index in [9.17, 15) is 14.3 Å². The molecule has 29 heavy (non-hydrogen) atoms. The number of H-pyrrole nitrogens is 1. The SMILES string of the molecule is CN(C)CCCn1nc(-c2cnc3[nH]cc(C(=O)O)c3n2)c2c(F)cc(Cl)cc21. The molecule has 0 atom stereocenters. The van der Waals surface area contributed by atoms with Crippen molar-refractivity contribution < 1.29 is 14.3 Å². The quantitative estimate of drug-likeness (QED) is 0.499. The van der Waals surface area contributed by atoms with Crippen molar-refractivity contribution in [3.63, 3.8) is 0 Å². The van der Waals surface area contributed by atoms with Gasteiger partial charge < -0.3 is 15.0 Å². The summed E-state index contributed by atoms with van der Waals surface area (Å²) < 4.78 is 16.5. The fourth-order valence-electron chi connectivity index (χ4n) is 3.28. The van der Waals surface area contributed by atoms with E-state index >= 15 is 0 Å². The first kappa shape index (κ1) is 19.3. The summed E-state index contributed by atoms with van der Waals surface area (Å²) in [6, 6.07) is 2.89. The van der Waals surface area contributed by atoms with Crippen LogP contribution in [0.15, 0.2) is 24.5 Å². The molecule has 0 aliphatic heterocycles. The van der Waals surface area contributed by atoms with E-state index in [4.69, 9.17) is 11.6 Å². The molecule has 4 rings (SSSR count). The fourth-order valence-corrected chi connectivity index (χ4v) is 3.48. The first-order valence-electron chi connectivity index (χ1n) is 8.93. The van der Waals surface area contributed by atoms with E-state index in [1.54, 1.807) is 10.7 Å². The zero-order valence-corrected chi connectivity index (χ0v) is 16.5. The largest absolute Gasteiger partial charge is 0.478 e. The summed E-state index contributed by atoms with van der Waals surface area (Å²) in [6.07, 6.45) is 3.59. The molecule has 0 bridgehead atoms. The topological polar surface area (TPSA) is 99.9 Å². The lowest BCUT2D eigenvalue weighted by molar-refractivity contribution is 0.0699. The molecule has 0 aliphatic carbocycles. The van der Waals surface area contributed by atoms with Crippen molar-refractivity contribution in [3.05, 3.63) is 40.9 Å². The molecule has 0 amide bonds. The third kappa shape index (κ3) is 3.54. The number of nitrogens with one attached hydrogen (secondary N) is 1. The Bertz CT molecular complexity index is 1230. The maximum absolute atomic E-state index is 14.8. The van der Waals surface area contributed by atoms with Crippen molar-refractivity contribution in [2.75, 3.05) is 20.6 Å². The molecular formula is C19H18ClFN6O2. The van der Waals surface area contributed by atoms with Gasteiger partial charge in [-0.15, -0.1) is 0 Å². The number of carbonyl (C=O) groups is 1. The predicted molar refractivity (Wildman–Crippen MR) is 108 cm³/mol. The van der Waals surface area contributed by atoms with Crippen molar-refractivity contribution in [1.29, 1.82) is 0 Å². The Kier molecular flexibility index (Phi) is 4.93. The van der Waals surface area contributed by atoms with Crippen LogP contribution in [0.5, 0.6) is 0 Å². The van der Waals surface area contributed by atoms with Crippen molar-refractivity contribution in [3.8, 4) is 11.4 Å². The van der Waals surface area contributed by atoms with Gasteiger partial charge in [-0.25, -0.2) is 19.2 Å². The number of halogens is 2. The Hall–Kier alpha value is -3.04. The number of hydrogen-bond donors (Lipinski definition) is 2. The van der Waals surface area contributed by atoms with Gasteiger partial charge in [-0.2, -0.15) is 5.10 Å². The molecule has 0 fully saturated rings. The molecule has 0 aliphatic rings. The highest BCUT2D eigenvalue weighted by molar-refractivity contribution is 6.31. The molecule has 0 saturated heterocycles. The van der Waals surface area contributed by atoms with Gasteiger partial charge in [0, 0.05) is 17.8 Å². The van der Waals surface area contributed by atoms with Crippen molar-refractivity contribution in [2.45, 2.75) is 13.0 Å². The smallest absolute Gasteiger partial charge is 0.339 e. The van der Waals surface area contributed by atoms with Gasteiger partial charge in [0.15, 0.2) is 5.65 Å². The highest BCUT2D eigenvalue weighted by Gasteiger charge is 2.20. The van der Waals surface area contributed by atoms with Gasteiger partial charge in [0.05, 0.1) is 17.1 Å². The van der Waals surface area contributed by atoms with Crippen LogP contribution in [-0.4, -0.2) is 61.3 Å². The number of carboxylic acid groups (broad SMARTS) is 1. The number of aromatic amines is 1. The Morgan fingerprint density at radius 3 is 2.90 bits per heavy atom. The Balaban J connectivity index is 1.88. The van der Waals surface area contributed by atoms with Crippen LogP contribution in [0.25, 0.3) is 33.5 Å². The lowest BCUT2D eigenvalue weighted by Gasteiger charge is -2.09. The molecule has 2 N–H and O–H groups in total. The predicted octanol–water partition coefficient (Wildman–Crippen LogP) is 3.42. The summed E-state index contributed by atoms with van der Waals surface area (Å²) in [4.78, 5) is 24.9. The number of aromatic nitrogens is 5. The van der Waals surface area contributed by atoms with E-state index in [0.29, 0.717) is 23.4 Å². The van der Waals surface area contributed by atoms with Crippen LogP contribution in [0.1, 0.15) is 16.8 Å². The van der Waals surface area contributed by atoms with Gasteiger partial charge in [-0.1, -0.05) is 11.6 Å². The Morgan fingerprint density at radius 2 is 2.17 bits per heavy atom. The average molecular weight is 417 g/mol. The second-order valence-electron chi connectivity index (χ2n) is 6.97. The molecule has 3 aromatic heterocycles. The van der Waals surface area contributed by atoms with E-state index < -0.39 is 11.8 Å². The van der Waals surface area contributed by atoms with Crippen LogP contribution >= 0.6 is 11.6 Å². The number of nitrogens with zero attached hydrogens (tertiary/aromatic N) is 5. The number of hydrogen-bond acceptors (Lipinski definition) is 5. The summed E-state index contributed by atoms with van der Waals surface area (Å²) in [5, 5.41) is 14.5. The van der Waals surface area contributed by atoms with Gasteiger partial charge in [-0.3, -0.25) is 4.68 Å². The highest BCUT2D eigenvalue weighted by Crippen LogP contribution is 2.32. The first-order valence-corrected chi connectivity index (χ1v) is 9.31. The molecule has 0 unspecified atom stereocenters. The minimum atomic E-state index is -1.13. The summed E-state index contributed by atoms with van der Waals surface area (Å²) in [6.45, 7) is 1.41. The van der Waals surface area contributed by atoms with Crippen LogP contribution < -0.4 is 0 Å². The molecule has 0 spiro atoms. The minimum Gasteiger partial charge on any atom is -0.478 e. The van der Waals surface area contributed by atoms with E-state index in [0.717, 1.165) is 13.0 Å². The van der Waals surface area contributed by atoms with E-state index in [1.807, 2.05) is 14.1 Å². The van der Waals surface area contributed by atoms with Gasteiger partial charge in [0.2, 0.25) is 0 Å². The van der Waals surface area contributed by atoms with E-state index in [1.165, 1.54) is 18.5 Å². The molecule has 0 radical (unpaired) electrons. The third-order valence-electron chi connectivity index (χ3n) is 4.60. The van der Waals surface area contributed by atoms with Crippen LogP contribution in [0, 0.1) is 5.82 Å². The molecule has 8 nitrogen and oxygen atoms in total. The number of benzene rings is 1. The molecule has 4 aromatic rings. The number of fused-ring (bicyclic) bond motifs is 2. The second kappa shape index (κ2) is 7.41. The van der Waals surface area contributed by atoms with E-state index in [2.05, 4.69) is 25.0 Å². The van der Waals surface area contributed by atoms with Crippen LogP contribution in [0.3, 0.4) is 0 Å². The molecule has 10 heteroatoms. The summed E-state index contributed by atoms with van der Waals surface area (Å²) in [5.41, 5.74) is 1.66. The molecule has 3 heterocycles. The van der Waals surface area contributed by atoms with Crippen molar-refractivity contribution in [1.82, 2.24) is 29.6 Å². The summed E-state index contributed by atoms with van der Waals surface area (Å²) >= 11 is 6.07. The molecular weight excluding hydrogens is 399 g/mol. The summed E-state index contributed by atoms with van der Waals surface area (Å²) in [7, 11) is 3.95. The zero-order valence-electron chi connectivity index (χ0n) is 15.8. The normalized spacial score (nSPS) is 11.8. The zero-order chi connectivity index (χ0) is 20.7. The highest BCUT2D eigenvalue weighted by atomic mass is 35.5. The van der Waals surface area contributed by atoms with Crippen LogP contribution in [0.4, 0.5) is 4.39 Å². The molecule has 150 valence electrons. The van der Waals surface area contributed by atoms with Gasteiger partial charge >= 0.3 is 5.97 Å². The monoisotopic (exact) mass is 416 g/mol. The maximum Gasteiger partial charge on any atom is 0.339 e. The third-order valence-corrected chi connectivity index (χ3v) is 4.82. The maximum atomic E-state index is 14.8. The number of carboxylic acids is 1. The standard InChI is InChI=1S/C19H18ClFN6O2/c1-26(2)4-3-5-27-14-7-10(20)6-12(21)15(14)17(25-27)13-9-23-18-16(24-13)11(8-22-18)19(28)29/h6-9H,3-5H2,1-2H3,(H,22,23)(H,28,29). The minimum absolute atomic E-state index is 0.00686. The number of aryl methyl sites for hydroxylation is 1. The number of rotatable bonds is 6. The molecule has 0 saturated carbocycles. The number of aromatic carboxylic acids is 1.